The van der Waals surface area contributed by atoms with E-state index in [4.69, 9.17) is 0 Å². The zero-order valence-electron chi connectivity index (χ0n) is 13.4. The molecule has 0 spiro atoms. The molecular weight excluding hydrogens is 335 g/mol. The van der Waals surface area contributed by atoms with E-state index in [1.165, 1.54) is 22.8 Å². The summed E-state index contributed by atoms with van der Waals surface area (Å²) in [5.74, 6) is -0.345. The zero-order chi connectivity index (χ0) is 18.2. The van der Waals surface area contributed by atoms with Crippen molar-refractivity contribution in [2.75, 3.05) is 0 Å². The predicted molar refractivity (Wildman–Crippen MR) is 85.8 cm³/mol. The topological polar surface area (TPSA) is 59.9 Å². The van der Waals surface area contributed by atoms with Crippen molar-refractivity contribution in [3.63, 3.8) is 0 Å². The van der Waals surface area contributed by atoms with Gasteiger partial charge in [-0.15, -0.1) is 13.2 Å². The molecule has 0 atom stereocenters. The molecule has 0 aliphatic heterocycles. The Bertz CT molecular complexity index is 937. The molecule has 0 aliphatic carbocycles. The molecule has 0 saturated carbocycles. The van der Waals surface area contributed by atoms with Crippen molar-refractivity contribution in [2.45, 2.75) is 20.2 Å². The lowest BCUT2D eigenvalue weighted by Gasteiger charge is -2.11. The van der Waals surface area contributed by atoms with E-state index in [0.717, 1.165) is 34.6 Å². The van der Waals surface area contributed by atoms with Crippen molar-refractivity contribution >= 4 is 0 Å². The number of ether oxygens (including phenoxy) is 1. The van der Waals surface area contributed by atoms with Gasteiger partial charge in [0.1, 0.15) is 5.75 Å². The number of halogens is 3. The van der Waals surface area contributed by atoms with Gasteiger partial charge in [0, 0.05) is 34.8 Å². The molecule has 0 radical (unpaired) electrons. The number of H-pyrrole nitrogens is 1. The van der Waals surface area contributed by atoms with E-state index in [-0.39, 0.29) is 11.3 Å². The lowest BCUT2D eigenvalue weighted by Crippen LogP contribution is -2.18. The second kappa shape index (κ2) is 6.12. The van der Waals surface area contributed by atoms with Crippen molar-refractivity contribution in [1.82, 2.24) is 14.8 Å². The molecule has 0 saturated heterocycles. The second-order valence-corrected chi connectivity index (χ2v) is 5.48. The van der Waals surface area contributed by atoms with Gasteiger partial charge in [-0.3, -0.25) is 14.5 Å². The largest absolute Gasteiger partial charge is 0.573 e. The summed E-state index contributed by atoms with van der Waals surface area (Å²) in [6, 6.07) is 8.20. The number of aryl methyl sites for hydroxylation is 2. The van der Waals surface area contributed by atoms with Gasteiger partial charge in [0.15, 0.2) is 0 Å². The Kier molecular flexibility index (Phi) is 4.12. The van der Waals surface area contributed by atoms with Crippen molar-refractivity contribution in [2.24, 2.45) is 0 Å². The highest BCUT2D eigenvalue weighted by Gasteiger charge is 2.31. The van der Waals surface area contributed by atoms with E-state index in [2.05, 4.69) is 14.9 Å². The first kappa shape index (κ1) is 16.8. The van der Waals surface area contributed by atoms with Crippen LogP contribution in [0.25, 0.3) is 16.8 Å². The van der Waals surface area contributed by atoms with Crippen LogP contribution in [0.3, 0.4) is 0 Å². The lowest BCUT2D eigenvalue weighted by molar-refractivity contribution is -0.274. The minimum atomic E-state index is -4.76. The summed E-state index contributed by atoms with van der Waals surface area (Å²) in [6.07, 6.45) is -3.12. The number of aromatic nitrogens is 3. The molecule has 1 N–H and O–H groups in total. The highest BCUT2D eigenvalue weighted by atomic mass is 19.4. The van der Waals surface area contributed by atoms with Gasteiger partial charge in [-0.1, -0.05) is 0 Å². The maximum atomic E-state index is 12.2. The fourth-order valence-electron chi connectivity index (χ4n) is 2.62. The maximum absolute atomic E-state index is 12.2. The molecule has 3 rings (SSSR count). The number of nitrogens with zero attached hydrogens (tertiary/aromatic N) is 2. The average Bonchev–Trinajstić information content (AvgIpc) is 2.86. The fourth-order valence-corrected chi connectivity index (χ4v) is 2.62. The summed E-state index contributed by atoms with van der Waals surface area (Å²) < 4.78 is 41.9. The van der Waals surface area contributed by atoms with Crippen LogP contribution in [0.1, 0.15) is 11.4 Å². The second-order valence-electron chi connectivity index (χ2n) is 5.48. The summed E-state index contributed by atoms with van der Waals surface area (Å²) in [5, 5.41) is 7.01. The van der Waals surface area contributed by atoms with Gasteiger partial charge >= 0.3 is 6.36 Å². The van der Waals surface area contributed by atoms with Crippen molar-refractivity contribution in [3.05, 3.63) is 64.3 Å². The molecule has 0 unspecified atom stereocenters. The third-order valence-electron chi connectivity index (χ3n) is 3.68. The van der Waals surface area contributed by atoms with Crippen LogP contribution in [0, 0.1) is 13.8 Å². The Morgan fingerprint density at radius 2 is 1.76 bits per heavy atom. The van der Waals surface area contributed by atoms with Crippen LogP contribution >= 0.6 is 0 Å². The highest BCUT2D eigenvalue weighted by molar-refractivity contribution is 5.67. The number of rotatable bonds is 3. The third kappa shape index (κ3) is 3.57. The van der Waals surface area contributed by atoms with Crippen molar-refractivity contribution < 1.29 is 17.9 Å². The van der Waals surface area contributed by atoms with Gasteiger partial charge < -0.3 is 4.74 Å². The Hall–Kier alpha value is -3.03. The first-order chi connectivity index (χ1) is 11.7. The quantitative estimate of drug-likeness (QED) is 0.784. The Labute approximate surface area is 140 Å². The van der Waals surface area contributed by atoms with Crippen LogP contribution in [0.15, 0.2) is 47.4 Å². The number of hydrogen-bond donors (Lipinski definition) is 1. The minimum absolute atomic E-state index is 0.299. The molecule has 8 heteroatoms. The zero-order valence-corrected chi connectivity index (χ0v) is 13.4. The molecule has 2 aromatic heterocycles. The molecule has 1 aromatic carbocycles. The number of nitrogens with one attached hydrogen (secondary N) is 1. The van der Waals surface area contributed by atoms with Gasteiger partial charge in [0.25, 0.3) is 5.56 Å². The van der Waals surface area contributed by atoms with Crippen LogP contribution < -0.4 is 10.3 Å². The van der Waals surface area contributed by atoms with Crippen LogP contribution in [-0.4, -0.2) is 21.1 Å². The maximum Gasteiger partial charge on any atom is 0.573 e. The number of hydrogen-bond acceptors (Lipinski definition) is 3. The molecule has 0 amide bonds. The van der Waals surface area contributed by atoms with E-state index >= 15 is 0 Å². The first-order valence-electron chi connectivity index (χ1n) is 7.35. The summed E-state index contributed by atoms with van der Waals surface area (Å²) in [4.78, 5) is 12.2. The summed E-state index contributed by atoms with van der Waals surface area (Å²) >= 11 is 0. The van der Waals surface area contributed by atoms with Crippen LogP contribution in [-0.2, 0) is 0 Å². The Balaban J connectivity index is 2.00. The molecule has 0 bridgehead atoms. The smallest absolute Gasteiger partial charge is 0.406 e. The van der Waals surface area contributed by atoms with Gasteiger partial charge in [-0.2, -0.15) is 5.10 Å². The number of pyridine rings is 1. The van der Waals surface area contributed by atoms with E-state index in [9.17, 15) is 18.0 Å². The van der Waals surface area contributed by atoms with Gasteiger partial charge in [-0.05, 0) is 44.2 Å². The third-order valence-corrected chi connectivity index (χ3v) is 3.68. The summed E-state index contributed by atoms with van der Waals surface area (Å²) in [6.45, 7) is 3.71. The Morgan fingerprint density at radius 3 is 2.32 bits per heavy atom. The molecule has 2 heterocycles. The predicted octanol–water partition coefficient (Wildman–Crippen LogP) is 3.74. The highest BCUT2D eigenvalue weighted by Crippen LogP contribution is 2.26. The van der Waals surface area contributed by atoms with E-state index < -0.39 is 6.36 Å². The standard InChI is InChI=1S/C17H14F3N3O2/c1-10-16(11(2)22-21-10)12-3-8-15(24)23(9-12)13-4-6-14(7-5-13)25-17(18,19)20/h3-9H,1-2H3,(H,21,22). The minimum Gasteiger partial charge on any atom is -0.406 e. The van der Waals surface area contributed by atoms with Gasteiger partial charge in [0.2, 0.25) is 0 Å². The molecule has 3 aromatic rings. The van der Waals surface area contributed by atoms with E-state index in [0.29, 0.717) is 5.69 Å². The lowest BCUT2D eigenvalue weighted by atomic mass is 10.1. The molecule has 0 fully saturated rings. The normalized spacial score (nSPS) is 11.6. The first-order valence-corrected chi connectivity index (χ1v) is 7.35. The van der Waals surface area contributed by atoms with E-state index in [1.54, 1.807) is 12.3 Å². The van der Waals surface area contributed by atoms with Crippen LogP contribution in [0.2, 0.25) is 0 Å². The van der Waals surface area contributed by atoms with Gasteiger partial charge in [0.05, 0.1) is 5.69 Å². The molecule has 0 aliphatic rings. The number of aromatic amines is 1. The van der Waals surface area contributed by atoms with Crippen LogP contribution in [0.5, 0.6) is 5.75 Å². The Morgan fingerprint density at radius 1 is 1.08 bits per heavy atom. The number of benzene rings is 1. The summed E-state index contributed by atoms with van der Waals surface area (Å²) in [5.41, 5.74) is 3.44. The van der Waals surface area contributed by atoms with Crippen molar-refractivity contribution in [3.8, 4) is 22.6 Å². The molecule has 5 nitrogen and oxygen atoms in total. The fraction of sp³-hybridized carbons (Fsp3) is 0.176. The molecular formula is C17H14F3N3O2. The number of alkyl halides is 3. The van der Waals surface area contributed by atoms with Crippen LogP contribution in [0.4, 0.5) is 13.2 Å². The molecule has 130 valence electrons. The van der Waals surface area contributed by atoms with Gasteiger partial charge in [-0.25, -0.2) is 0 Å². The van der Waals surface area contributed by atoms with Crippen molar-refractivity contribution in [1.29, 1.82) is 0 Å². The van der Waals surface area contributed by atoms with E-state index in [1.807, 2.05) is 13.8 Å². The molecule has 25 heavy (non-hydrogen) atoms. The monoisotopic (exact) mass is 349 g/mol. The summed E-state index contributed by atoms with van der Waals surface area (Å²) in [7, 11) is 0. The average molecular weight is 349 g/mol. The SMILES string of the molecule is Cc1n[nH]c(C)c1-c1ccc(=O)n(-c2ccc(OC(F)(F)F)cc2)c1.